The van der Waals surface area contributed by atoms with Gasteiger partial charge in [-0.15, -0.1) is 0 Å². The fourth-order valence-electron chi connectivity index (χ4n) is 1.76. The summed E-state index contributed by atoms with van der Waals surface area (Å²) in [5.41, 5.74) is 0.613. The Morgan fingerprint density at radius 2 is 1.92 bits per heavy atom. The van der Waals surface area contributed by atoms with Crippen molar-refractivity contribution < 1.29 is 28.6 Å². The third kappa shape index (κ3) is 7.38. The molecule has 1 aromatic carbocycles. The molecular formula is C17H22N2O6. The van der Waals surface area contributed by atoms with Crippen molar-refractivity contribution in [1.82, 2.24) is 10.6 Å². The van der Waals surface area contributed by atoms with Crippen molar-refractivity contribution in [2.75, 3.05) is 27.4 Å². The number of hydrogen-bond donors (Lipinski definition) is 2. The minimum atomic E-state index is -0.728. The summed E-state index contributed by atoms with van der Waals surface area (Å²) in [4.78, 5) is 34.4. The highest BCUT2D eigenvalue weighted by atomic mass is 16.5. The Bertz CT molecular complexity index is 642. The number of rotatable bonds is 8. The molecule has 0 radical (unpaired) electrons. The molecule has 0 atom stereocenters. The lowest BCUT2D eigenvalue weighted by Gasteiger charge is -2.07. The van der Waals surface area contributed by atoms with Gasteiger partial charge >= 0.3 is 12.0 Å². The number of carbonyl (C=O) groups is 3. The number of amides is 3. The molecular weight excluding hydrogens is 328 g/mol. The number of urea groups is 1. The standard InChI is InChI=1S/C17H22N2O6/c1-4-9-18-17(22)19-15(20)11-25-16(21)8-5-12-10-13(23-2)6-7-14(12)24-3/h5-8,10H,4,9,11H2,1-3H3,(H2,18,19,20,22)/b8-5+. The zero-order chi connectivity index (χ0) is 18.7. The van der Waals surface area contributed by atoms with Crippen molar-refractivity contribution in [2.45, 2.75) is 13.3 Å². The molecule has 0 aliphatic carbocycles. The molecule has 0 aliphatic rings. The van der Waals surface area contributed by atoms with E-state index in [0.29, 0.717) is 23.6 Å². The van der Waals surface area contributed by atoms with Crippen LogP contribution in [0.2, 0.25) is 0 Å². The molecule has 0 aromatic heterocycles. The molecule has 136 valence electrons. The summed E-state index contributed by atoms with van der Waals surface area (Å²) in [5, 5.41) is 4.52. The molecule has 0 spiro atoms. The van der Waals surface area contributed by atoms with Gasteiger partial charge in [0.1, 0.15) is 11.5 Å². The lowest BCUT2D eigenvalue weighted by Crippen LogP contribution is -2.41. The van der Waals surface area contributed by atoms with Crippen molar-refractivity contribution in [2.24, 2.45) is 0 Å². The second-order valence-electron chi connectivity index (χ2n) is 4.85. The van der Waals surface area contributed by atoms with Gasteiger partial charge in [-0.25, -0.2) is 9.59 Å². The van der Waals surface area contributed by atoms with Crippen LogP contribution in [0, 0.1) is 0 Å². The fourth-order valence-corrected chi connectivity index (χ4v) is 1.76. The summed E-state index contributed by atoms with van der Waals surface area (Å²) in [5.74, 6) is -0.287. The van der Waals surface area contributed by atoms with E-state index in [1.54, 1.807) is 18.2 Å². The molecule has 1 rings (SSSR count). The smallest absolute Gasteiger partial charge is 0.331 e. The van der Waals surface area contributed by atoms with Crippen LogP contribution in [0.4, 0.5) is 4.79 Å². The molecule has 1 aromatic rings. The predicted molar refractivity (Wildman–Crippen MR) is 91.4 cm³/mol. The summed E-state index contributed by atoms with van der Waals surface area (Å²) < 4.78 is 15.1. The van der Waals surface area contributed by atoms with Crippen LogP contribution in [0.5, 0.6) is 11.5 Å². The van der Waals surface area contributed by atoms with E-state index in [1.807, 2.05) is 6.92 Å². The maximum atomic E-state index is 11.7. The van der Waals surface area contributed by atoms with Gasteiger partial charge in [-0.2, -0.15) is 0 Å². The second kappa shape index (κ2) is 10.7. The van der Waals surface area contributed by atoms with E-state index in [4.69, 9.17) is 14.2 Å². The van der Waals surface area contributed by atoms with Gasteiger partial charge in [0.15, 0.2) is 6.61 Å². The highest BCUT2D eigenvalue weighted by Gasteiger charge is 2.09. The van der Waals surface area contributed by atoms with E-state index in [1.165, 1.54) is 20.3 Å². The highest BCUT2D eigenvalue weighted by molar-refractivity contribution is 5.96. The number of methoxy groups -OCH3 is 2. The van der Waals surface area contributed by atoms with Crippen molar-refractivity contribution in [3.63, 3.8) is 0 Å². The Hall–Kier alpha value is -3.03. The molecule has 25 heavy (non-hydrogen) atoms. The summed E-state index contributed by atoms with van der Waals surface area (Å²) >= 11 is 0. The zero-order valence-corrected chi connectivity index (χ0v) is 14.5. The maximum absolute atomic E-state index is 11.7. The third-order valence-corrected chi connectivity index (χ3v) is 2.97. The van der Waals surface area contributed by atoms with Gasteiger partial charge in [-0.1, -0.05) is 6.92 Å². The quantitative estimate of drug-likeness (QED) is 0.544. The number of ether oxygens (including phenoxy) is 3. The monoisotopic (exact) mass is 350 g/mol. The van der Waals surface area contributed by atoms with Crippen LogP contribution in [-0.2, 0) is 14.3 Å². The van der Waals surface area contributed by atoms with Gasteiger partial charge in [0.2, 0.25) is 0 Å². The molecule has 0 fully saturated rings. The normalized spacial score (nSPS) is 10.2. The Balaban J connectivity index is 2.52. The van der Waals surface area contributed by atoms with Crippen LogP contribution in [0.15, 0.2) is 24.3 Å². The average Bonchev–Trinajstić information content (AvgIpc) is 2.62. The first-order valence-corrected chi connectivity index (χ1v) is 7.64. The molecule has 0 unspecified atom stereocenters. The van der Waals surface area contributed by atoms with Gasteiger partial charge in [0.25, 0.3) is 5.91 Å². The van der Waals surface area contributed by atoms with Crippen molar-refractivity contribution in [3.8, 4) is 11.5 Å². The number of hydrogen-bond acceptors (Lipinski definition) is 6. The third-order valence-electron chi connectivity index (χ3n) is 2.97. The largest absolute Gasteiger partial charge is 0.497 e. The molecule has 0 heterocycles. The van der Waals surface area contributed by atoms with Gasteiger partial charge in [-0.05, 0) is 30.7 Å². The summed E-state index contributed by atoms with van der Waals surface area (Å²) in [6.07, 6.45) is 3.38. The molecule has 8 nitrogen and oxygen atoms in total. The molecule has 0 aliphatic heterocycles. The minimum Gasteiger partial charge on any atom is -0.497 e. The van der Waals surface area contributed by atoms with E-state index in [0.717, 1.165) is 12.5 Å². The summed E-state index contributed by atoms with van der Waals surface area (Å²) in [6, 6.07) is 4.49. The predicted octanol–water partition coefficient (Wildman–Crippen LogP) is 1.50. The number of esters is 1. The Labute approximate surface area is 146 Å². The molecule has 0 bridgehead atoms. The van der Waals surface area contributed by atoms with Gasteiger partial charge in [0, 0.05) is 18.2 Å². The van der Waals surface area contributed by atoms with Crippen LogP contribution in [0.1, 0.15) is 18.9 Å². The molecule has 2 N–H and O–H groups in total. The molecule has 0 saturated heterocycles. The van der Waals surface area contributed by atoms with Gasteiger partial charge < -0.3 is 19.5 Å². The SMILES string of the molecule is CCCNC(=O)NC(=O)COC(=O)/C=C/c1cc(OC)ccc1OC. The Kier molecular flexibility index (Phi) is 8.56. The number of carbonyl (C=O) groups excluding carboxylic acids is 3. The van der Waals surface area contributed by atoms with Crippen LogP contribution in [0.25, 0.3) is 6.08 Å². The van der Waals surface area contributed by atoms with E-state index < -0.39 is 24.5 Å². The average molecular weight is 350 g/mol. The fraction of sp³-hybridized carbons (Fsp3) is 0.353. The first-order chi connectivity index (χ1) is 12.0. The maximum Gasteiger partial charge on any atom is 0.331 e. The zero-order valence-electron chi connectivity index (χ0n) is 14.5. The summed E-state index contributed by atoms with van der Waals surface area (Å²) in [6.45, 7) is 1.77. The minimum absolute atomic E-state index is 0.448. The second-order valence-corrected chi connectivity index (χ2v) is 4.85. The lowest BCUT2D eigenvalue weighted by atomic mass is 10.1. The van der Waals surface area contributed by atoms with Gasteiger partial charge in [0.05, 0.1) is 14.2 Å². The number of benzene rings is 1. The van der Waals surface area contributed by atoms with Crippen LogP contribution in [-0.4, -0.2) is 45.3 Å². The van der Waals surface area contributed by atoms with E-state index in [9.17, 15) is 14.4 Å². The molecule has 8 heteroatoms. The van der Waals surface area contributed by atoms with Crippen molar-refractivity contribution in [3.05, 3.63) is 29.8 Å². The number of imide groups is 1. The molecule has 3 amide bonds. The first-order valence-electron chi connectivity index (χ1n) is 7.64. The highest BCUT2D eigenvalue weighted by Crippen LogP contribution is 2.25. The van der Waals surface area contributed by atoms with E-state index in [2.05, 4.69) is 10.6 Å². The topological polar surface area (TPSA) is 103 Å². The van der Waals surface area contributed by atoms with Crippen molar-refractivity contribution >= 4 is 24.0 Å². The van der Waals surface area contributed by atoms with Crippen molar-refractivity contribution in [1.29, 1.82) is 0 Å². The Morgan fingerprint density at radius 1 is 1.16 bits per heavy atom. The van der Waals surface area contributed by atoms with Gasteiger partial charge in [-0.3, -0.25) is 10.1 Å². The number of nitrogens with one attached hydrogen (secondary N) is 2. The molecule has 0 saturated carbocycles. The first kappa shape index (κ1) is 20.0. The van der Waals surface area contributed by atoms with Crippen LogP contribution < -0.4 is 20.1 Å². The lowest BCUT2D eigenvalue weighted by molar-refractivity contribution is -0.143. The van der Waals surface area contributed by atoms with E-state index in [-0.39, 0.29) is 0 Å². The van der Waals surface area contributed by atoms with Crippen LogP contribution in [0.3, 0.4) is 0 Å². The Morgan fingerprint density at radius 3 is 2.56 bits per heavy atom. The summed E-state index contributed by atoms with van der Waals surface area (Å²) in [7, 11) is 3.03. The van der Waals surface area contributed by atoms with E-state index >= 15 is 0 Å². The van der Waals surface area contributed by atoms with Crippen LogP contribution >= 0.6 is 0 Å².